The number of rotatable bonds is 4. The van der Waals surface area contributed by atoms with Gasteiger partial charge in [-0.3, -0.25) is 9.59 Å². The van der Waals surface area contributed by atoms with Gasteiger partial charge in [0.1, 0.15) is 5.82 Å². The van der Waals surface area contributed by atoms with Crippen LogP contribution in [0.15, 0.2) is 12.4 Å². The van der Waals surface area contributed by atoms with E-state index in [1.807, 2.05) is 17.7 Å². The van der Waals surface area contributed by atoms with Gasteiger partial charge in [0.25, 0.3) is 0 Å². The number of carboxylic acid groups (broad SMARTS) is 1. The first-order valence-corrected chi connectivity index (χ1v) is 6.06. The van der Waals surface area contributed by atoms with Crippen LogP contribution in [0.3, 0.4) is 0 Å². The zero-order valence-corrected chi connectivity index (χ0v) is 10.4. The Labute approximate surface area is 105 Å². The van der Waals surface area contributed by atoms with Gasteiger partial charge in [0.05, 0.1) is 5.92 Å². The van der Waals surface area contributed by atoms with Crippen LogP contribution in [0.2, 0.25) is 0 Å². The van der Waals surface area contributed by atoms with Crippen molar-refractivity contribution in [1.82, 2.24) is 14.5 Å². The second-order valence-electron chi connectivity index (χ2n) is 4.58. The first-order valence-electron chi connectivity index (χ1n) is 6.06. The van der Waals surface area contributed by atoms with Crippen molar-refractivity contribution in [2.24, 2.45) is 5.92 Å². The molecule has 0 bridgehead atoms. The average molecular weight is 251 g/mol. The molecule has 98 valence electrons. The van der Waals surface area contributed by atoms with Crippen molar-refractivity contribution in [2.75, 3.05) is 13.1 Å². The molecule has 1 amide bonds. The lowest BCUT2D eigenvalue weighted by Gasteiger charge is -2.30. The van der Waals surface area contributed by atoms with Gasteiger partial charge < -0.3 is 14.6 Å². The molecule has 2 rings (SSSR count). The number of carboxylic acids is 1. The number of hydrogen-bond acceptors (Lipinski definition) is 3. The fourth-order valence-electron chi connectivity index (χ4n) is 2.20. The molecule has 0 spiro atoms. The van der Waals surface area contributed by atoms with Crippen molar-refractivity contribution in [3.05, 3.63) is 18.2 Å². The summed E-state index contributed by atoms with van der Waals surface area (Å²) >= 11 is 0. The van der Waals surface area contributed by atoms with Crippen molar-refractivity contribution < 1.29 is 14.7 Å². The molecule has 1 saturated heterocycles. The zero-order chi connectivity index (χ0) is 13.1. The van der Waals surface area contributed by atoms with Crippen LogP contribution in [0.25, 0.3) is 0 Å². The first kappa shape index (κ1) is 12.6. The van der Waals surface area contributed by atoms with E-state index >= 15 is 0 Å². The third-order valence-corrected chi connectivity index (χ3v) is 3.38. The molecule has 2 heterocycles. The lowest BCUT2D eigenvalue weighted by atomic mass is 9.98. The Morgan fingerprint density at radius 2 is 2.33 bits per heavy atom. The van der Waals surface area contributed by atoms with Gasteiger partial charge in [-0.15, -0.1) is 0 Å². The van der Waals surface area contributed by atoms with Crippen molar-refractivity contribution in [2.45, 2.75) is 26.3 Å². The van der Waals surface area contributed by atoms with E-state index in [0.717, 1.165) is 5.82 Å². The predicted octanol–water partition coefficient (Wildman–Crippen LogP) is 0.515. The second-order valence-corrected chi connectivity index (χ2v) is 4.58. The fourth-order valence-corrected chi connectivity index (χ4v) is 2.20. The summed E-state index contributed by atoms with van der Waals surface area (Å²) in [6.45, 7) is 3.42. The van der Waals surface area contributed by atoms with Crippen molar-refractivity contribution >= 4 is 11.9 Å². The Kier molecular flexibility index (Phi) is 3.64. The number of amides is 1. The lowest BCUT2D eigenvalue weighted by molar-refractivity contribution is -0.147. The molecule has 6 heteroatoms. The Balaban J connectivity index is 1.93. The van der Waals surface area contributed by atoms with Crippen LogP contribution in [-0.2, 0) is 16.1 Å². The molecule has 1 atom stereocenters. The highest BCUT2D eigenvalue weighted by Crippen LogP contribution is 2.17. The number of imidazole rings is 1. The Morgan fingerprint density at radius 1 is 1.56 bits per heavy atom. The number of likely N-dealkylation sites (tertiary alicyclic amines) is 1. The SMILES string of the molecule is Cc1nccn1CCN1CC(C(=O)O)CCC1=O. The fraction of sp³-hybridized carbons (Fsp3) is 0.583. The number of hydrogen-bond donors (Lipinski definition) is 1. The quantitative estimate of drug-likeness (QED) is 0.846. The topological polar surface area (TPSA) is 75.4 Å². The van der Waals surface area contributed by atoms with Crippen LogP contribution in [0.1, 0.15) is 18.7 Å². The molecule has 1 aromatic heterocycles. The standard InChI is InChI=1S/C12H17N3O3/c1-9-13-4-5-14(9)6-7-15-8-10(12(17)18)2-3-11(15)16/h4-5,10H,2-3,6-8H2,1H3,(H,17,18). The van der Waals surface area contributed by atoms with Crippen molar-refractivity contribution in [3.63, 3.8) is 0 Å². The molecule has 0 saturated carbocycles. The summed E-state index contributed by atoms with van der Waals surface area (Å²) < 4.78 is 1.96. The molecule has 1 N–H and O–H groups in total. The maximum atomic E-state index is 11.7. The van der Waals surface area contributed by atoms with Crippen LogP contribution >= 0.6 is 0 Å². The Morgan fingerprint density at radius 3 is 2.94 bits per heavy atom. The summed E-state index contributed by atoms with van der Waals surface area (Å²) in [6, 6.07) is 0. The summed E-state index contributed by atoms with van der Waals surface area (Å²) in [5, 5.41) is 8.99. The number of aliphatic carboxylic acids is 1. The Bertz CT molecular complexity index is 455. The third kappa shape index (κ3) is 2.69. The molecule has 1 unspecified atom stereocenters. The molecule has 1 aromatic rings. The number of carbonyl (C=O) groups is 2. The maximum Gasteiger partial charge on any atom is 0.308 e. The lowest BCUT2D eigenvalue weighted by Crippen LogP contribution is -2.43. The predicted molar refractivity (Wildman–Crippen MR) is 63.9 cm³/mol. The van der Waals surface area contributed by atoms with Crippen molar-refractivity contribution in [1.29, 1.82) is 0 Å². The van der Waals surface area contributed by atoms with E-state index in [-0.39, 0.29) is 5.91 Å². The van der Waals surface area contributed by atoms with E-state index in [4.69, 9.17) is 5.11 Å². The highest BCUT2D eigenvalue weighted by molar-refractivity contribution is 5.80. The van der Waals surface area contributed by atoms with Crippen LogP contribution in [0, 0.1) is 12.8 Å². The molecular formula is C12H17N3O3. The normalized spacial score (nSPS) is 20.2. The molecule has 1 aliphatic rings. The van der Waals surface area contributed by atoms with Crippen LogP contribution in [0.5, 0.6) is 0 Å². The molecule has 0 aliphatic carbocycles. The largest absolute Gasteiger partial charge is 0.481 e. The van der Waals surface area contributed by atoms with Crippen molar-refractivity contribution in [3.8, 4) is 0 Å². The number of aryl methyl sites for hydroxylation is 1. The van der Waals surface area contributed by atoms with Gasteiger partial charge in [-0.2, -0.15) is 0 Å². The summed E-state index contributed by atoms with van der Waals surface area (Å²) in [5.74, 6) is -0.294. The summed E-state index contributed by atoms with van der Waals surface area (Å²) in [6.07, 6.45) is 4.36. The van der Waals surface area contributed by atoms with Gasteiger partial charge in [0.15, 0.2) is 0 Å². The van der Waals surface area contributed by atoms with Crippen LogP contribution < -0.4 is 0 Å². The van der Waals surface area contributed by atoms with E-state index in [2.05, 4.69) is 4.98 Å². The van der Waals surface area contributed by atoms with Gasteiger partial charge >= 0.3 is 5.97 Å². The van der Waals surface area contributed by atoms with Gasteiger partial charge in [0, 0.05) is 38.4 Å². The van der Waals surface area contributed by atoms with Crippen LogP contribution in [-0.4, -0.2) is 44.5 Å². The van der Waals surface area contributed by atoms with Gasteiger partial charge in [-0.1, -0.05) is 0 Å². The highest BCUT2D eigenvalue weighted by atomic mass is 16.4. The number of piperidine rings is 1. The third-order valence-electron chi connectivity index (χ3n) is 3.38. The highest BCUT2D eigenvalue weighted by Gasteiger charge is 2.29. The van der Waals surface area contributed by atoms with E-state index in [9.17, 15) is 9.59 Å². The number of nitrogens with zero attached hydrogens (tertiary/aromatic N) is 3. The van der Waals surface area contributed by atoms with Gasteiger partial charge in [-0.25, -0.2) is 4.98 Å². The molecule has 1 fully saturated rings. The molecule has 0 radical (unpaired) electrons. The maximum absolute atomic E-state index is 11.7. The van der Waals surface area contributed by atoms with E-state index in [1.54, 1.807) is 11.1 Å². The number of aromatic nitrogens is 2. The Hall–Kier alpha value is -1.85. The summed E-state index contributed by atoms with van der Waals surface area (Å²) in [7, 11) is 0. The average Bonchev–Trinajstić information content (AvgIpc) is 2.73. The van der Waals surface area contributed by atoms with Gasteiger partial charge in [-0.05, 0) is 13.3 Å². The molecular weight excluding hydrogens is 234 g/mol. The minimum atomic E-state index is -0.814. The minimum Gasteiger partial charge on any atom is -0.481 e. The molecule has 1 aliphatic heterocycles. The zero-order valence-electron chi connectivity index (χ0n) is 10.4. The molecule has 6 nitrogen and oxygen atoms in total. The minimum absolute atomic E-state index is 0.0465. The first-order chi connectivity index (χ1) is 8.58. The summed E-state index contributed by atoms with van der Waals surface area (Å²) in [4.78, 5) is 28.4. The van der Waals surface area contributed by atoms with E-state index < -0.39 is 11.9 Å². The van der Waals surface area contributed by atoms with Crippen LogP contribution in [0.4, 0.5) is 0 Å². The monoisotopic (exact) mass is 251 g/mol. The second kappa shape index (κ2) is 5.20. The smallest absolute Gasteiger partial charge is 0.308 e. The van der Waals surface area contributed by atoms with Gasteiger partial charge in [0.2, 0.25) is 5.91 Å². The number of carbonyl (C=O) groups excluding carboxylic acids is 1. The van der Waals surface area contributed by atoms with E-state index in [0.29, 0.717) is 32.5 Å². The molecule has 18 heavy (non-hydrogen) atoms. The summed E-state index contributed by atoms with van der Waals surface area (Å²) in [5.41, 5.74) is 0. The van der Waals surface area contributed by atoms with E-state index in [1.165, 1.54) is 0 Å². The molecule has 0 aromatic carbocycles.